The Morgan fingerprint density at radius 3 is 2.69 bits per heavy atom. The fraction of sp³-hybridized carbons (Fsp3) is 0.211. The van der Waals surface area contributed by atoms with Crippen LogP contribution in [0, 0.1) is 0 Å². The van der Waals surface area contributed by atoms with E-state index in [1.165, 1.54) is 11.3 Å². The number of esters is 1. The van der Waals surface area contributed by atoms with Crippen LogP contribution in [0.4, 0.5) is 5.13 Å². The van der Waals surface area contributed by atoms with Crippen LogP contribution in [0.15, 0.2) is 41.9 Å². The summed E-state index contributed by atoms with van der Waals surface area (Å²) < 4.78 is 7.55. The Morgan fingerprint density at radius 2 is 1.88 bits per heavy atom. The molecule has 2 aromatic heterocycles. The molecule has 0 aliphatic carbocycles. The van der Waals surface area contributed by atoms with Crippen molar-refractivity contribution in [2.24, 2.45) is 0 Å². The van der Waals surface area contributed by atoms with Crippen LogP contribution < -0.4 is 9.64 Å². The van der Waals surface area contributed by atoms with Gasteiger partial charge in [0.1, 0.15) is 5.75 Å². The maximum Gasteiger partial charge on any atom is 0.343 e. The van der Waals surface area contributed by atoms with Crippen molar-refractivity contribution in [1.29, 1.82) is 0 Å². The van der Waals surface area contributed by atoms with Crippen LogP contribution in [-0.4, -0.2) is 29.0 Å². The molecule has 2 aromatic carbocycles. The van der Waals surface area contributed by atoms with E-state index in [0.29, 0.717) is 11.3 Å². The minimum absolute atomic E-state index is 0.367. The van der Waals surface area contributed by atoms with Crippen molar-refractivity contribution in [3.05, 3.63) is 47.5 Å². The van der Waals surface area contributed by atoms with Gasteiger partial charge in [0, 0.05) is 19.2 Å². The third-order valence-electron chi connectivity index (χ3n) is 4.16. The molecule has 0 fully saturated rings. The number of fused-ring (bicyclic) bond motifs is 2. The van der Waals surface area contributed by atoms with Gasteiger partial charge in [-0.2, -0.15) is 0 Å². The first-order chi connectivity index (χ1) is 12.7. The van der Waals surface area contributed by atoms with E-state index >= 15 is 0 Å². The van der Waals surface area contributed by atoms with Gasteiger partial charge in [-0.1, -0.05) is 11.3 Å². The van der Waals surface area contributed by atoms with E-state index < -0.39 is 0 Å². The second-order valence-electron chi connectivity index (χ2n) is 5.72. The maximum absolute atomic E-state index is 12.5. The predicted molar refractivity (Wildman–Crippen MR) is 108 cm³/mol. The summed E-state index contributed by atoms with van der Waals surface area (Å²) in [6.07, 6.45) is 0. The molecule has 0 aliphatic heterocycles. The largest absolute Gasteiger partial charge is 0.423 e. The lowest BCUT2D eigenvalue weighted by atomic mass is 10.2. The zero-order valence-corrected chi connectivity index (χ0v) is 16.1. The highest BCUT2D eigenvalue weighted by Gasteiger charge is 2.13. The normalized spacial score (nSPS) is 11.2. The highest BCUT2D eigenvalue weighted by atomic mass is 32.1. The summed E-state index contributed by atoms with van der Waals surface area (Å²) >= 11 is 3.12. The summed E-state index contributed by atoms with van der Waals surface area (Å²) in [6.45, 7) is 6.06. The summed E-state index contributed by atoms with van der Waals surface area (Å²) in [4.78, 5) is 23.6. The summed E-state index contributed by atoms with van der Waals surface area (Å²) in [5.41, 5.74) is 4.10. The highest BCUT2D eigenvalue weighted by Crippen LogP contribution is 2.31. The van der Waals surface area contributed by atoms with Crippen LogP contribution in [0.5, 0.6) is 5.75 Å². The van der Waals surface area contributed by atoms with E-state index in [1.807, 2.05) is 24.3 Å². The molecule has 5 nitrogen and oxygen atoms in total. The third kappa shape index (κ3) is 3.15. The van der Waals surface area contributed by atoms with Crippen LogP contribution >= 0.6 is 22.7 Å². The number of benzene rings is 2. The molecule has 0 N–H and O–H groups in total. The monoisotopic (exact) mass is 383 g/mol. The van der Waals surface area contributed by atoms with Gasteiger partial charge in [-0.05, 0) is 44.2 Å². The number of rotatable bonds is 5. The van der Waals surface area contributed by atoms with Crippen molar-refractivity contribution >= 4 is 54.2 Å². The first-order valence-corrected chi connectivity index (χ1v) is 10.1. The first-order valence-electron chi connectivity index (χ1n) is 8.39. The molecule has 0 aliphatic rings. The molecule has 0 saturated carbocycles. The lowest BCUT2D eigenvalue weighted by molar-refractivity contribution is 0.0735. The average Bonchev–Trinajstić information content (AvgIpc) is 3.28. The van der Waals surface area contributed by atoms with Crippen LogP contribution in [0.1, 0.15) is 24.2 Å². The number of hydrogen-bond donors (Lipinski definition) is 0. The van der Waals surface area contributed by atoms with Crippen molar-refractivity contribution < 1.29 is 9.53 Å². The summed E-state index contributed by atoms with van der Waals surface area (Å²) in [6, 6.07) is 11.0. The summed E-state index contributed by atoms with van der Waals surface area (Å²) in [5, 5.41) is 0.990. The van der Waals surface area contributed by atoms with Crippen molar-refractivity contribution in [1.82, 2.24) is 9.97 Å². The van der Waals surface area contributed by atoms with Gasteiger partial charge < -0.3 is 9.64 Å². The molecule has 0 amide bonds. The quantitative estimate of drug-likeness (QED) is 0.360. The van der Waals surface area contributed by atoms with Gasteiger partial charge >= 0.3 is 5.97 Å². The molecule has 7 heteroatoms. The third-order valence-corrected chi connectivity index (χ3v) is 6.03. The SMILES string of the molecule is CCN(CC)c1nc2ccc(OC(=O)c3ccc4ncsc4c3)cc2s1. The lowest BCUT2D eigenvalue weighted by Crippen LogP contribution is -2.21. The standard InChI is InChI=1S/C19H17N3O2S2/c1-3-22(4-2)19-21-15-8-6-13(10-17(15)26-19)24-18(23)12-5-7-14-16(9-12)25-11-20-14/h5-11H,3-4H2,1-2H3. The lowest BCUT2D eigenvalue weighted by Gasteiger charge is -2.16. The van der Waals surface area contributed by atoms with Crippen molar-refractivity contribution in [3.63, 3.8) is 0 Å². The smallest absolute Gasteiger partial charge is 0.343 e. The van der Waals surface area contributed by atoms with Crippen LogP contribution in [0.25, 0.3) is 20.4 Å². The van der Waals surface area contributed by atoms with Crippen LogP contribution in [-0.2, 0) is 0 Å². The number of hydrogen-bond acceptors (Lipinski definition) is 7. The van der Waals surface area contributed by atoms with Gasteiger partial charge in [0.05, 0.1) is 31.5 Å². The number of aromatic nitrogens is 2. The van der Waals surface area contributed by atoms with Crippen LogP contribution in [0.3, 0.4) is 0 Å². The second kappa shape index (κ2) is 7.01. The number of carbonyl (C=O) groups excluding carboxylic acids is 1. The molecule has 0 spiro atoms. The van der Waals surface area contributed by atoms with Gasteiger partial charge in [0.15, 0.2) is 5.13 Å². The minimum Gasteiger partial charge on any atom is -0.423 e. The van der Waals surface area contributed by atoms with E-state index in [2.05, 4.69) is 28.7 Å². The highest BCUT2D eigenvalue weighted by molar-refractivity contribution is 7.22. The Morgan fingerprint density at radius 1 is 1.08 bits per heavy atom. The Labute approximate surface area is 158 Å². The average molecular weight is 383 g/mol. The Balaban J connectivity index is 1.58. The van der Waals surface area contributed by atoms with E-state index in [-0.39, 0.29) is 5.97 Å². The summed E-state index contributed by atoms with van der Waals surface area (Å²) in [7, 11) is 0. The van der Waals surface area contributed by atoms with Gasteiger partial charge in [-0.25, -0.2) is 14.8 Å². The van der Waals surface area contributed by atoms with E-state index in [4.69, 9.17) is 4.74 Å². The molecule has 132 valence electrons. The second-order valence-corrected chi connectivity index (χ2v) is 7.62. The summed E-state index contributed by atoms with van der Waals surface area (Å²) in [5.74, 6) is 0.162. The fourth-order valence-corrected chi connectivity index (χ4v) is 4.57. The Bertz CT molecular complexity index is 1080. The molecular formula is C19H17N3O2S2. The van der Waals surface area contributed by atoms with E-state index in [9.17, 15) is 4.79 Å². The van der Waals surface area contributed by atoms with Crippen molar-refractivity contribution in [2.45, 2.75) is 13.8 Å². The predicted octanol–water partition coefficient (Wildman–Crippen LogP) is 4.97. The topological polar surface area (TPSA) is 55.3 Å². The Kier molecular flexibility index (Phi) is 4.57. The molecular weight excluding hydrogens is 366 g/mol. The van der Waals surface area contributed by atoms with Crippen molar-refractivity contribution in [2.75, 3.05) is 18.0 Å². The Hall–Kier alpha value is -2.51. The van der Waals surface area contributed by atoms with Crippen LogP contribution in [0.2, 0.25) is 0 Å². The molecule has 26 heavy (non-hydrogen) atoms. The van der Waals surface area contributed by atoms with Gasteiger partial charge in [0.2, 0.25) is 0 Å². The fourth-order valence-electron chi connectivity index (χ4n) is 2.73. The molecule has 0 radical (unpaired) electrons. The molecule has 0 saturated heterocycles. The number of nitrogens with zero attached hydrogens (tertiary/aromatic N) is 3. The zero-order chi connectivity index (χ0) is 18.1. The van der Waals surface area contributed by atoms with Gasteiger partial charge in [0.25, 0.3) is 0 Å². The minimum atomic E-state index is -0.367. The molecule has 0 bridgehead atoms. The number of ether oxygens (including phenoxy) is 1. The van der Waals surface area contributed by atoms with E-state index in [1.54, 1.807) is 29.0 Å². The molecule has 0 unspecified atom stereocenters. The van der Waals surface area contributed by atoms with Gasteiger partial charge in [-0.3, -0.25) is 0 Å². The number of carbonyl (C=O) groups is 1. The first kappa shape index (κ1) is 16.9. The van der Waals surface area contributed by atoms with E-state index in [0.717, 1.165) is 38.7 Å². The molecule has 4 aromatic rings. The molecule has 4 rings (SSSR count). The molecule has 0 atom stereocenters. The van der Waals surface area contributed by atoms with Crippen molar-refractivity contribution in [3.8, 4) is 5.75 Å². The number of anilines is 1. The number of thiazole rings is 2. The molecule has 2 heterocycles. The van der Waals surface area contributed by atoms with Gasteiger partial charge in [-0.15, -0.1) is 11.3 Å². The maximum atomic E-state index is 12.5. The zero-order valence-electron chi connectivity index (χ0n) is 14.4.